The number of ketones is 1. The number of thiazole rings is 1. The molecule has 1 fully saturated rings. The van der Waals surface area contributed by atoms with Crippen molar-refractivity contribution in [2.45, 2.75) is 46.0 Å². The molecule has 0 atom stereocenters. The minimum absolute atomic E-state index is 0.0349. The number of fused-ring (bicyclic) bond motifs is 1. The summed E-state index contributed by atoms with van der Waals surface area (Å²) in [6, 6.07) is 1.82. The largest absolute Gasteiger partial charge is 0.337 e. The second-order valence-electron chi connectivity index (χ2n) is 9.06. The van der Waals surface area contributed by atoms with Gasteiger partial charge in [-0.25, -0.2) is 14.5 Å². The molecule has 37 heavy (non-hydrogen) atoms. The average Bonchev–Trinajstić information content (AvgIpc) is 3.63. The van der Waals surface area contributed by atoms with Gasteiger partial charge in [0.1, 0.15) is 11.5 Å². The van der Waals surface area contributed by atoms with Crippen LogP contribution >= 0.6 is 22.9 Å². The first-order valence-corrected chi connectivity index (χ1v) is 13.4. The molecule has 0 aliphatic carbocycles. The zero-order valence-electron chi connectivity index (χ0n) is 20.8. The Hall–Kier alpha value is -3.65. The van der Waals surface area contributed by atoms with Crippen LogP contribution in [0.5, 0.6) is 0 Å². The van der Waals surface area contributed by atoms with E-state index in [-0.39, 0.29) is 29.9 Å². The van der Waals surface area contributed by atoms with Crippen LogP contribution in [-0.2, 0) is 11.2 Å². The van der Waals surface area contributed by atoms with Crippen LogP contribution in [0.2, 0.25) is 0 Å². The van der Waals surface area contributed by atoms with Crippen molar-refractivity contribution in [3.63, 3.8) is 0 Å². The highest BCUT2D eigenvalue weighted by Crippen LogP contribution is 2.31. The van der Waals surface area contributed by atoms with Crippen molar-refractivity contribution in [1.29, 1.82) is 0 Å². The van der Waals surface area contributed by atoms with Crippen molar-refractivity contribution in [1.82, 2.24) is 39.1 Å². The van der Waals surface area contributed by atoms with E-state index < -0.39 is 0 Å². The van der Waals surface area contributed by atoms with Gasteiger partial charge in [-0.15, -0.1) is 21.5 Å². The van der Waals surface area contributed by atoms with Crippen molar-refractivity contribution in [2.24, 2.45) is 0 Å². The van der Waals surface area contributed by atoms with Gasteiger partial charge >= 0.3 is 0 Å². The van der Waals surface area contributed by atoms with E-state index >= 15 is 0 Å². The molecule has 2 amide bonds. The number of nitrogens with zero attached hydrogens (tertiary/aromatic N) is 9. The normalized spacial score (nSPS) is 14.3. The first kappa shape index (κ1) is 25.0. The van der Waals surface area contributed by atoms with Crippen LogP contribution in [0.15, 0.2) is 11.4 Å². The number of aromatic nitrogens is 7. The third-order valence-corrected chi connectivity index (χ3v) is 8.09. The Morgan fingerprint density at radius 2 is 1.89 bits per heavy atom. The van der Waals surface area contributed by atoms with Crippen LogP contribution < -0.4 is 4.90 Å². The topological polar surface area (TPSA) is 139 Å². The Morgan fingerprint density at radius 1 is 1.14 bits per heavy atom. The monoisotopic (exact) mass is 539 g/mol. The number of rotatable bonds is 6. The van der Waals surface area contributed by atoms with Gasteiger partial charge in [0.2, 0.25) is 5.13 Å². The SMILES string of the molecule is CC(=O)Cc1nsc(N(C)C(=O)c2csc(C3CCN(C(=O)c4nnc5cc(C)nn5c4C)CC3)n2)n1. The molecule has 1 aliphatic rings. The molecule has 0 N–H and O–H groups in total. The smallest absolute Gasteiger partial charge is 0.279 e. The molecule has 0 spiro atoms. The summed E-state index contributed by atoms with van der Waals surface area (Å²) in [5.74, 6) is 0.101. The molecule has 12 nitrogen and oxygen atoms in total. The fourth-order valence-electron chi connectivity index (χ4n) is 4.26. The third-order valence-electron chi connectivity index (χ3n) is 6.26. The summed E-state index contributed by atoms with van der Waals surface area (Å²) >= 11 is 2.53. The van der Waals surface area contributed by atoms with Crippen LogP contribution in [0.3, 0.4) is 0 Å². The second-order valence-corrected chi connectivity index (χ2v) is 10.7. The predicted octanol–water partition coefficient (Wildman–Crippen LogP) is 2.48. The van der Waals surface area contributed by atoms with E-state index in [0.717, 1.165) is 35.1 Å². The van der Waals surface area contributed by atoms with Crippen molar-refractivity contribution < 1.29 is 14.4 Å². The molecule has 0 unspecified atom stereocenters. The number of Topliss-reactive ketones (excluding diaryl/α,β-unsaturated/α-hetero) is 1. The van der Waals surface area contributed by atoms with E-state index in [4.69, 9.17) is 0 Å². The van der Waals surface area contributed by atoms with Gasteiger partial charge in [0, 0.05) is 49.0 Å². The fourth-order valence-corrected chi connectivity index (χ4v) is 5.87. The Morgan fingerprint density at radius 3 is 2.62 bits per heavy atom. The third kappa shape index (κ3) is 4.98. The highest BCUT2D eigenvalue weighted by atomic mass is 32.1. The zero-order chi connectivity index (χ0) is 26.3. The molecule has 0 aromatic carbocycles. The standard InChI is InChI=1S/C23H25N9O3S2/c1-12-9-18-26-27-19(14(3)32(18)28-12)22(35)31-7-5-15(6-8-31)20-24-16(11-36-20)21(34)30(4)23-25-17(29-37-23)10-13(2)33/h9,11,15H,5-8,10H2,1-4H3. The lowest BCUT2D eigenvalue weighted by molar-refractivity contribution is -0.116. The van der Waals surface area contributed by atoms with Crippen molar-refractivity contribution in [3.8, 4) is 0 Å². The van der Waals surface area contributed by atoms with E-state index in [0.29, 0.717) is 46.8 Å². The summed E-state index contributed by atoms with van der Waals surface area (Å²) in [7, 11) is 1.62. The quantitative estimate of drug-likeness (QED) is 0.361. The minimum atomic E-state index is -0.279. The van der Waals surface area contributed by atoms with E-state index in [1.54, 1.807) is 21.8 Å². The first-order valence-electron chi connectivity index (χ1n) is 11.8. The Bertz CT molecular complexity index is 1500. The van der Waals surface area contributed by atoms with Gasteiger partial charge in [-0.2, -0.15) is 9.47 Å². The summed E-state index contributed by atoms with van der Waals surface area (Å²) < 4.78 is 5.80. The number of carbonyl (C=O) groups excluding carboxylic acids is 3. The zero-order valence-corrected chi connectivity index (χ0v) is 22.5. The highest BCUT2D eigenvalue weighted by molar-refractivity contribution is 7.10. The molecule has 4 aromatic rings. The van der Waals surface area contributed by atoms with Gasteiger partial charge in [0.05, 0.1) is 22.8 Å². The average molecular weight is 540 g/mol. The van der Waals surface area contributed by atoms with Crippen LogP contribution in [0, 0.1) is 13.8 Å². The number of carbonyl (C=O) groups is 3. The molecular weight excluding hydrogens is 514 g/mol. The lowest BCUT2D eigenvalue weighted by Gasteiger charge is -2.31. The maximum absolute atomic E-state index is 13.2. The lowest BCUT2D eigenvalue weighted by Crippen LogP contribution is -2.39. The number of piperidine rings is 1. The highest BCUT2D eigenvalue weighted by Gasteiger charge is 2.30. The number of hydrogen-bond acceptors (Lipinski definition) is 11. The molecule has 1 aliphatic heterocycles. The van der Waals surface area contributed by atoms with Crippen LogP contribution in [-0.4, -0.2) is 76.8 Å². The van der Waals surface area contributed by atoms with Crippen LogP contribution in [0.25, 0.3) is 5.65 Å². The maximum Gasteiger partial charge on any atom is 0.279 e. The molecule has 5 rings (SSSR count). The van der Waals surface area contributed by atoms with Gasteiger partial charge in [-0.05, 0) is 33.6 Å². The molecule has 192 valence electrons. The van der Waals surface area contributed by atoms with Gasteiger partial charge in [0.25, 0.3) is 11.8 Å². The molecule has 5 heterocycles. The van der Waals surface area contributed by atoms with E-state index in [1.807, 2.05) is 19.9 Å². The van der Waals surface area contributed by atoms with Gasteiger partial charge in [-0.3, -0.25) is 19.3 Å². The van der Waals surface area contributed by atoms with Gasteiger partial charge in [-0.1, -0.05) is 0 Å². The van der Waals surface area contributed by atoms with E-state index in [2.05, 4.69) is 29.6 Å². The molecule has 0 radical (unpaired) electrons. The predicted molar refractivity (Wildman–Crippen MR) is 137 cm³/mol. The summed E-state index contributed by atoms with van der Waals surface area (Å²) in [6.07, 6.45) is 1.62. The van der Waals surface area contributed by atoms with Crippen molar-refractivity contribution in [3.05, 3.63) is 45.1 Å². The Balaban J connectivity index is 1.22. The second kappa shape index (κ2) is 10.0. The molecule has 0 saturated carbocycles. The fraction of sp³-hybridized carbons (Fsp3) is 0.435. The first-order chi connectivity index (χ1) is 17.7. The summed E-state index contributed by atoms with van der Waals surface area (Å²) in [4.78, 5) is 49.5. The van der Waals surface area contributed by atoms with Gasteiger partial charge < -0.3 is 4.90 Å². The van der Waals surface area contributed by atoms with E-state index in [1.165, 1.54) is 23.2 Å². The number of aryl methyl sites for hydroxylation is 2. The summed E-state index contributed by atoms with van der Waals surface area (Å²) in [6.45, 7) is 6.30. The Kier molecular flexibility index (Phi) is 6.77. The minimum Gasteiger partial charge on any atom is -0.337 e. The molecule has 0 bridgehead atoms. The van der Waals surface area contributed by atoms with Crippen molar-refractivity contribution in [2.75, 3.05) is 25.0 Å². The number of hydrogen-bond donors (Lipinski definition) is 0. The van der Waals surface area contributed by atoms with Crippen LogP contribution in [0.1, 0.15) is 68.9 Å². The molecule has 4 aromatic heterocycles. The lowest BCUT2D eigenvalue weighted by atomic mass is 9.97. The summed E-state index contributed by atoms with van der Waals surface area (Å²) in [5.41, 5.74) is 2.76. The molecule has 14 heteroatoms. The van der Waals surface area contributed by atoms with Crippen LogP contribution in [0.4, 0.5) is 5.13 Å². The van der Waals surface area contributed by atoms with E-state index in [9.17, 15) is 14.4 Å². The van der Waals surface area contributed by atoms with Gasteiger partial charge in [0.15, 0.2) is 17.2 Å². The number of amides is 2. The summed E-state index contributed by atoms with van der Waals surface area (Å²) in [5, 5.41) is 15.8. The molecular formula is C23H25N9O3S2. The maximum atomic E-state index is 13.2. The number of likely N-dealkylation sites (tertiary alicyclic amines) is 1. The molecule has 1 saturated heterocycles. The Labute approximate surface area is 220 Å². The number of anilines is 1. The van der Waals surface area contributed by atoms with Crippen molar-refractivity contribution >= 4 is 51.2 Å².